The van der Waals surface area contributed by atoms with E-state index >= 15 is 0 Å². The summed E-state index contributed by atoms with van der Waals surface area (Å²) in [6.07, 6.45) is -6.40. The Morgan fingerprint density at radius 2 is 1.76 bits per heavy atom. The first-order chi connectivity index (χ1) is 13.3. The van der Waals surface area contributed by atoms with Gasteiger partial charge in [-0.05, 0) is 19.1 Å². The van der Waals surface area contributed by atoms with E-state index in [2.05, 4.69) is 9.97 Å². The minimum Gasteiger partial charge on any atom is -0.471 e. The second-order valence-electron chi connectivity index (χ2n) is 6.02. The third-order valence-electron chi connectivity index (χ3n) is 3.94. The van der Waals surface area contributed by atoms with E-state index in [0.717, 1.165) is 18.5 Å². The maximum absolute atomic E-state index is 13.3. The molecule has 0 aliphatic carbocycles. The summed E-state index contributed by atoms with van der Waals surface area (Å²) in [5.41, 5.74) is -1.51. The van der Waals surface area contributed by atoms with Crippen molar-refractivity contribution in [2.24, 2.45) is 0 Å². The van der Waals surface area contributed by atoms with E-state index in [1.54, 1.807) is 0 Å². The fourth-order valence-electron chi connectivity index (χ4n) is 2.17. The van der Waals surface area contributed by atoms with Gasteiger partial charge in [0.2, 0.25) is 5.88 Å². The number of rotatable bonds is 7. The lowest BCUT2D eigenvalue weighted by atomic mass is 10.1. The monoisotopic (exact) mass is 442 g/mol. The van der Waals surface area contributed by atoms with Gasteiger partial charge in [0.15, 0.2) is 22.6 Å². The molecule has 29 heavy (non-hydrogen) atoms. The highest BCUT2D eigenvalue weighted by Crippen LogP contribution is 2.35. The van der Waals surface area contributed by atoms with Gasteiger partial charge in [0.1, 0.15) is 6.33 Å². The van der Waals surface area contributed by atoms with Gasteiger partial charge in [0, 0.05) is 11.6 Å². The lowest BCUT2D eigenvalue weighted by Gasteiger charge is -2.18. The molecule has 1 aromatic carbocycles. The number of hydrogen-bond acceptors (Lipinski definition) is 5. The van der Waals surface area contributed by atoms with Gasteiger partial charge in [-0.1, -0.05) is 13.0 Å². The summed E-state index contributed by atoms with van der Waals surface area (Å²) in [6, 6.07) is 3.05. The molecule has 1 atom stereocenters. The Bertz CT molecular complexity index is 977. The van der Waals surface area contributed by atoms with Crippen LogP contribution in [-0.2, 0) is 16.0 Å². The van der Waals surface area contributed by atoms with E-state index in [9.17, 15) is 34.8 Å². The first-order valence-electron chi connectivity index (χ1n) is 8.19. The molecule has 0 saturated carbocycles. The molecule has 0 radical (unpaired) electrons. The minimum absolute atomic E-state index is 0.160. The predicted molar refractivity (Wildman–Crippen MR) is 91.2 cm³/mol. The Morgan fingerprint density at radius 1 is 1.10 bits per heavy atom. The second kappa shape index (κ2) is 8.17. The van der Waals surface area contributed by atoms with Gasteiger partial charge in [-0.15, -0.1) is 0 Å². The van der Waals surface area contributed by atoms with Crippen LogP contribution in [0.3, 0.4) is 0 Å². The highest BCUT2D eigenvalue weighted by atomic mass is 32.2. The summed E-state index contributed by atoms with van der Waals surface area (Å²) < 4.78 is 108. The molecule has 0 aliphatic heterocycles. The van der Waals surface area contributed by atoms with Crippen molar-refractivity contribution >= 4 is 9.84 Å². The van der Waals surface area contributed by atoms with E-state index in [4.69, 9.17) is 4.74 Å². The van der Waals surface area contributed by atoms with Gasteiger partial charge >= 0.3 is 12.1 Å². The fraction of sp³-hybridized carbons (Fsp3) is 0.412. The zero-order valence-electron chi connectivity index (χ0n) is 15.2. The zero-order valence-corrected chi connectivity index (χ0v) is 16.0. The first kappa shape index (κ1) is 22.9. The maximum Gasteiger partial charge on any atom is 0.416 e. The lowest BCUT2D eigenvalue weighted by Crippen LogP contribution is -2.34. The number of ether oxygens (including phenoxy) is 1. The number of nitrogens with zero attached hydrogens (tertiary/aromatic N) is 2. The zero-order chi connectivity index (χ0) is 22.0. The molecular formula is C17H16F6N2O3S. The third kappa shape index (κ3) is 5.37. The van der Waals surface area contributed by atoms with Crippen molar-refractivity contribution in [1.29, 1.82) is 0 Å². The van der Waals surface area contributed by atoms with Crippen LogP contribution in [0.1, 0.15) is 19.4 Å². The van der Waals surface area contributed by atoms with Gasteiger partial charge in [-0.2, -0.15) is 22.0 Å². The molecular weight excluding hydrogens is 426 g/mol. The summed E-state index contributed by atoms with van der Waals surface area (Å²) in [6.45, 7) is 0.571. The van der Waals surface area contributed by atoms with Crippen LogP contribution in [0.25, 0.3) is 11.3 Å². The van der Waals surface area contributed by atoms with Crippen molar-refractivity contribution in [2.45, 2.75) is 37.0 Å². The van der Waals surface area contributed by atoms with E-state index in [-0.39, 0.29) is 11.3 Å². The van der Waals surface area contributed by atoms with Crippen molar-refractivity contribution in [2.75, 3.05) is 12.4 Å². The van der Waals surface area contributed by atoms with E-state index < -0.39 is 56.8 Å². The molecule has 12 heteroatoms. The fourth-order valence-corrected chi connectivity index (χ4v) is 3.30. The molecule has 0 fully saturated rings. The molecule has 5 nitrogen and oxygen atoms in total. The van der Waals surface area contributed by atoms with Crippen LogP contribution in [0, 0.1) is 0 Å². The Balaban J connectivity index is 2.49. The largest absolute Gasteiger partial charge is 0.471 e. The topological polar surface area (TPSA) is 69.2 Å². The van der Waals surface area contributed by atoms with Crippen molar-refractivity contribution in [3.05, 3.63) is 36.2 Å². The molecule has 1 heterocycles. The number of sulfone groups is 1. The van der Waals surface area contributed by atoms with Crippen molar-refractivity contribution < 1.29 is 39.5 Å². The molecule has 160 valence electrons. The normalized spacial score (nSPS) is 13.9. The highest BCUT2D eigenvalue weighted by Gasteiger charge is 2.38. The number of halogens is 6. The van der Waals surface area contributed by atoms with Crippen molar-refractivity contribution in [1.82, 2.24) is 9.97 Å². The quantitative estimate of drug-likeness (QED) is 0.597. The number of alkyl halides is 6. The molecule has 2 aromatic rings. The summed E-state index contributed by atoms with van der Waals surface area (Å²) in [7, 11) is -4.09. The van der Waals surface area contributed by atoms with Crippen LogP contribution in [0.5, 0.6) is 5.88 Å². The first-order valence-corrected chi connectivity index (χ1v) is 9.84. The molecule has 0 amide bonds. The third-order valence-corrected chi connectivity index (χ3v) is 5.70. The summed E-state index contributed by atoms with van der Waals surface area (Å²) >= 11 is 0. The molecule has 0 N–H and O–H groups in total. The van der Waals surface area contributed by atoms with Crippen molar-refractivity contribution in [3.63, 3.8) is 0 Å². The minimum atomic E-state index is -4.77. The van der Waals surface area contributed by atoms with Gasteiger partial charge in [0.05, 0.1) is 21.9 Å². The van der Waals surface area contributed by atoms with Gasteiger partial charge in [-0.3, -0.25) is 0 Å². The average molecular weight is 442 g/mol. The highest BCUT2D eigenvalue weighted by molar-refractivity contribution is 7.91. The maximum atomic E-state index is 13.3. The van der Waals surface area contributed by atoms with Crippen molar-refractivity contribution in [3.8, 4) is 17.1 Å². The van der Waals surface area contributed by atoms with Crippen LogP contribution in [0.2, 0.25) is 0 Å². The van der Waals surface area contributed by atoms with Crippen LogP contribution in [-0.4, -0.2) is 42.8 Å². The second-order valence-corrected chi connectivity index (χ2v) is 8.27. The molecule has 1 aromatic heterocycles. The Kier molecular flexibility index (Phi) is 6.45. The molecule has 0 bridgehead atoms. The summed E-state index contributed by atoms with van der Waals surface area (Å²) in [4.78, 5) is 6.75. The van der Waals surface area contributed by atoms with E-state index in [1.165, 1.54) is 6.92 Å². The average Bonchev–Trinajstić information content (AvgIpc) is 2.65. The Labute approximate surface area is 162 Å². The smallest absolute Gasteiger partial charge is 0.416 e. The van der Waals surface area contributed by atoms with Gasteiger partial charge < -0.3 is 4.74 Å². The molecule has 1 unspecified atom stereocenters. The lowest BCUT2D eigenvalue weighted by molar-refractivity contribution is -0.137. The van der Waals surface area contributed by atoms with Gasteiger partial charge in [-0.25, -0.2) is 22.8 Å². The summed E-state index contributed by atoms with van der Waals surface area (Å²) in [5, 5.41) is 0. The standard InChI is InChI=1S/C17H16F6N2O3S/c1-3-29(26,27)14-6-11(17(21,22)23)4-5-12(14)13-7-15(25-9-24-13)28-8-16(19,20)10(2)18/h4-7,9-10H,3,8H2,1-2H3. The van der Waals surface area contributed by atoms with E-state index in [0.29, 0.717) is 19.1 Å². The van der Waals surface area contributed by atoms with Crippen LogP contribution in [0.15, 0.2) is 35.5 Å². The predicted octanol–water partition coefficient (Wildman–Crippen LogP) is 4.33. The summed E-state index contributed by atoms with van der Waals surface area (Å²) in [5.74, 6) is -4.69. The molecule has 0 aliphatic rings. The van der Waals surface area contributed by atoms with Crippen LogP contribution >= 0.6 is 0 Å². The molecule has 2 rings (SSSR count). The van der Waals surface area contributed by atoms with Gasteiger partial charge in [0.25, 0.3) is 0 Å². The van der Waals surface area contributed by atoms with E-state index in [1.807, 2.05) is 0 Å². The van der Waals surface area contributed by atoms with Crippen LogP contribution in [0.4, 0.5) is 26.3 Å². The molecule has 0 saturated heterocycles. The Morgan fingerprint density at radius 3 is 2.31 bits per heavy atom. The number of hydrogen-bond donors (Lipinski definition) is 0. The number of aromatic nitrogens is 2. The van der Waals surface area contributed by atoms with Crippen LogP contribution < -0.4 is 4.74 Å². The molecule has 0 spiro atoms. The Hall–Kier alpha value is -2.37. The number of benzene rings is 1. The SMILES string of the molecule is CCS(=O)(=O)c1cc(C(F)(F)F)ccc1-c1cc(OCC(F)(F)C(C)F)ncn1.